The summed E-state index contributed by atoms with van der Waals surface area (Å²) in [5.41, 5.74) is 0.605. The summed E-state index contributed by atoms with van der Waals surface area (Å²) in [4.78, 5) is 4.12. The van der Waals surface area contributed by atoms with Gasteiger partial charge in [-0.2, -0.15) is 0 Å². The highest BCUT2D eigenvalue weighted by Gasteiger charge is 2.18. The summed E-state index contributed by atoms with van der Waals surface area (Å²) in [5, 5.41) is 3.11. The maximum absolute atomic E-state index is 12.2. The minimum atomic E-state index is -3.49. The van der Waals surface area contributed by atoms with E-state index in [2.05, 4.69) is 28.9 Å². The van der Waals surface area contributed by atoms with Crippen LogP contribution >= 0.6 is 0 Å². The van der Waals surface area contributed by atoms with Gasteiger partial charge in [0, 0.05) is 25.5 Å². The lowest BCUT2D eigenvalue weighted by molar-refractivity contribution is 0.551. The third kappa shape index (κ3) is 5.16. The van der Waals surface area contributed by atoms with Crippen LogP contribution in [0, 0.1) is 5.92 Å². The molecule has 1 aromatic heterocycles. The monoisotopic (exact) mass is 285 g/mol. The number of hydrogen-bond acceptors (Lipinski definition) is 4. The van der Waals surface area contributed by atoms with Gasteiger partial charge in [0.15, 0.2) is 0 Å². The molecule has 0 fully saturated rings. The number of anilines is 1. The number of nitrogens with one attached hydrogen (secondary N) is 2. The van der Waals surface area contributed by atoms with Crippen LogP contribution in [-0.4, -0.2) is 26.5 Å². The molecule has 0 spiro atoms. The van der Waals surface area contributed by atoms with Gasteiger partial charge in [-0.15, -0.1) is 0 Å². The quantitative estimate of drug-likeness (QED) is 0.768. The fraction of sp³-hybridized carbons (Fsp3) is 0.615. The average molecular weight is 285 g/mol. The van der Waals surface area contributed by atoms with Crippen molar-refractivity contribution in [2.24, 2.45) is 5.92 Å². The van der Waals surface area contributed by atoms with E-state index in [4.69, 9.17) is 0 Å². The first-order valence-corrected chi connectivity index (χ1v) is 8.13. The molecule has 0 saturated heterocycles. The lowest BCUT2D eigenvalue weighted by Gasteiger charge is -2.12. The predicted octanol–water partition coefficient (Wildman–Crippen LogP) is 2.23. The van der Waals surface area contributed by atoms with Gasteiger partial charge in [0.2, 0.25) is 10.0 Å². The Morgan fingerprint density at radius 3 is 2.68 bits per heavy atom. The van der Waals surface area contributed by atoms with Crippen LogP contribution < -0.4 is 10.0 Å². The molecule has 2 N–H and O–H groups in total. The Morgan fingerprint density at radius 1 is 1.32 bits per heavy atom. The molecule has 1 heterocycles. The first-order chi connectivity index (χ1) is 8.97. The van der Waals surface area contributed by atoms with Gasteiger partial charge in [-0.1, -0.05) is 20.8 Å². The molecular weight excluding hydrogens is 262 g/mol. The van der Waals surface area contributed by atoms with Gasteiger partial charge in [0.1, 0.15) is 4.90 Å². The van der Waals surface area contributed by atoms with Crippen molar-refractivity contribution in [1.29, 1.82) is 0 Å². The molecule has 0 unspecified atom stereocenters. The Kier molecular flexibility index (Phi) is 6.24. The zero-order valence-electron chi connectivity index (χ0n) is 11.8. The van der Waals surface area contributed by atoms with E-state index in [1.807, 2.05) is 6.92 Å². The third-order valence-electron chi connectivity index (χ3n) is 2.65. The first-order valence-electron chi connectivity index (χ1n) is 6.65. The molecule has 0 radical (unpaired) electrons. The molecule has 1 aromatic rings. The zero-order chi connectivity index (χ0) is 14.3. The summed E-state index contributed by atoms with van der Waals surface area (Å²) in [6, 6.07) is 1.69. The van der Waals surface area contributed by atoms with Crippen molar-refractivity contribution in [3.05, 3.63) is 18.5 Å². The van der Waals surface area contributed by atoms with Crippen molar-refractivity contribution < 1.29 is 8.42 Å². The predicted molar refractivity (Wildman–Crippen MR) is 77.7 cm³/mol. The minimum Gasteiger partial charge on any atom is -0.384 e. The van der Waals surface area contributed by atoms with Gasteiger partial charge in [-0.05, 0) is 24.8 Å². The van der Waals surface area contributed by atoms with Gasteiger partial charge in [-0.25, -0.2) is 13.1 Å². The highest BCUT2D eigenvalue weighted by molar-refractivity contribution is 7.89. The fourth-order valence-corrected chi connectivity index (χ4v) is 2.73. The maximum atomic E-state index is 12.2. The number of rotatable bonds is 8. The summed E-state index contributed by atoms with van der Waals surface area (Å²) >= 11 is 0. The Bertz CT molecular complexity index is 486. The van der Waals surface area contributed by atoms with Crippen LogP contribution in [0.15, 0.2) is 23.4 Å². The largest absolute Gasteiger partial charge is 0.384 e. The normalized spacial score (nSPS) is 11.8. The molecule has 0 aliphatic carbocycles. The molecule has 6 heteroatoms. The number of sulfonamides is 1. The smallest absolute Gasteiger partial charge is 0.244 e. The van der Waals surface area contributed by atoms with Crippen molar-refractivity contribution in [2.75, 3.05) is 18.4 Å². The van der Waals surface area contributed by atoms with Gasteiger partial charge in [0.05, 0.1) is 5.69 Å². The van der Waals surface area contributed by atoms with E-state index in [0.717, 1.165) is 19.4 Å². The molecule has 0 aromatic carbocycles. The lowest BCUT2D eigenvalue weighted by Crippen LogP contribution is -2.26. The Hall–Kier alpha value is -1.14. The van der Waals surface area contributed by atoms with Crippen LogP contribution in [0.2, 0.25) is 0 Å². The molecule has 0 aliphatic rings. The maximum Gasteiger partial charge on any atom is 0.244 e. The molecule has 108 valence electrons. The molecule has 5 nitrogen and oxygen atoms in total. The van der Waals surface area contributed by atoms with Gasteiger partial charge in [0.25, 0.3) is 0 Å². The van der Waals surface area contributed by atoms with E-state index >= 15 is 0 Å². The van der Waals surface area contributed by atoms with E-state index in [1.165, 1.54) is 6.20 Å². The fourth-order valence-electron chi connectivity index (χ4n) is 1.56. The summed E-state index contributed by atoms with van der Waals surface area (Å²) in [7, 11) is -3.49. The van der Waals surface area contributed by atoms with E-state index in [-0.39, 0.29) is 4.90 Å². The summed E-state index contributed by atoms with van der Waals surface area (Å²) in [5.74, 6) is 0.467. The summed E-state index contributed by atoms with van der Waals surface area (Å²) < 4.78 is 27.0. The van der Waals surface area contributed by atoms with Gasteiger partial charge in [-0.3, -0.25) is 4.98 Å². The Balaban J connectivity index is 2.82. The second-order valence-electron chi connectivity index (χ2n) is 4.88. The number of nitrogens with zero attached hydrogens (tertiary/aromatic N) is 1. The summed E-state index contributed by atoms with van der Waals surface area (Å²) in [6.45, 7) is 7.34. The van der Waals surface area contributed by atoms with E-state index in [9.17, 15) is 8.42 Å². The third-order valence-corrected chi connectivity index (χ3v) is 4.14. The molecule has 19 heavy (non-hydrogen) atoms. The lowest BCUT2D eigenvalue weighted by atomic mass is 10.1. The molecular formula is C13H23N3O2S. The van der Waals surface area contributed by atoms with Gasteiger partial charge < -0.3 is 5.32 Å². The SMILES string of the molecule is CCCNc1ccncc1S(=O)(=O)NCCC(C)C. The van der Waals surface area contributed by atoms with Crippen molar-refractivity contribution in [3.63, 3.8) is 0 Å². The highest BCUT2D eigenvalue weighted by Crippen LogP contribution is 2.19. The van der Waals surface area contributed by atoms with Gasteiger partial charge >= 0.3 is 0 Å². The van der Waals surface area contributed by atoms with Crippen LogP contribution in [0.3, 0.4) is 0 Å². The number of hydrogen-bond donors (Lipinski definition) is 2. The van der Waals surface area contributed by atoms with E-state index in [1.54, 1.807) is 12.3 Å². The number of pyridine rings is 1. The highest BCUT2D eigenvalue weighted by atomic mass is 32.2. The molecule has 0 bridgehead atoms. The van der Waals surface area contributed by atoms with E-state index < -0.39 is 10.0 Å². The molecule has 0 saturated carbocycles. The zero-order valence-corrected chi connectivity index (χ0v) is 12.6. The van der Waals surface area contributed by atoms with Crippen LogP contribution in [-0.2, 0) is 10.0 Å². The first kappa shape index (κ1) is 15.9. The standard InChI is InChI=1S/C13H23N3O2S/c1-4-7-15-12-6-8-14-10-13(12)19(17,18)16-9-5-11(2)3/h6,8,10-11,16H,4-5,7,9H2,1-3H3,(H,14,15). The summed E-state index contributed by atoms with van der Waals surface area (Å²) in [6.07, 6.45) is 4.72. The van der Waals surface area contributed by atoms with E-state index in [0.29, 0.717) is 18.2 Å². The van der Waals surface area contributed by atoms with Crippen molar-refractivity contribution in [1.82, 2.24) is 9.71 Å². The molecule has 0 atom stereocenters. The van der Waals surface area contributed by atoms with Crippen LogP contribution in [0.4, 0.5) is 5.69 Å². The second kappa shape index (κ2) is 7.45. The molecule has 0 amide bonds. The molecule has 0 aliphatic heterocycles. The number of aromatic nitrogens is 1. The topological polar surface area (TPSA) is 71.1 Å². The minimum absolute atomic E-state index is 0.215. The van der Waals surface area contributed by atoms with Crippen molar-refractivity contribution in [3.8, 4) is 0 Å². The van der Waals surface area contributed by atoms with Crippen LogP contribution in [0.25, 0.3) is 0 Å². The van der Waals surface area contributed by atoms with Crippen LogP contribution in [0.5, 0.6) is 0 Å². The Morgan fingerprint density at radius 2 is 2.05 bits per heavy atom. The Labute approximate surface area is 115 Å². The average Bonchev–Trinajstić information content (AvgIpc) is 2.36. The van der Waals surface area contributed by atoms with Crippen LogP contribution in [0.1, 0.15) is 33.6 Å². The van der Waals surface area contributed by atoms with Crippen molar-refractivity contribution >= 4 is 15.7 Å². The second-order valence-corrected chi connectivity index (χ2v) is 6.61. The molecule has 1 rings (SSSR count). The van der Waals surface area contributed by atoms with Crippen molar-refractivity contribution in [2.45, 2.75) is 38.5 Å².